The first kappa shape index (κ1) is 18.0. The largest absolute Gasteiger partial charge is 0.339 e. The maximum absolute atomic E-state index is 12.3. The summed E-state index contributed by atoms with van der Waals surface area (Å²) in [5, 5.41) is 3.92. The Kier molecular flexibility index (Phi) is 4.95. The fourth-order valence-corrected chi connectivity index (χ4v) is 3.78. The lowest BCUT2D eigenvalue weighted by molar-refractivity contribution is 0.229. The van der Waals surface area contributed by atoms with Crippen LogP contribution in [0.1, 0.15) is 56.3 Å². The molecule has 7 nitrogen and oxygen atoms in total. The number of rotatable bonds is 7. The molecule has 1 aliphatic carbocycles. The van der Waals surface area contributed by atoms with Crippen molar-refractivity contribution in [2.24, 2.45) is 5.73 Å². The summed E-state index contributed by atoms with van der Waals surface area (Å²) in [5.74, 6) is 1.27. The third-order valence-electron chi connectivity index (χ3n) is 4.65. The first-order valence-electron chi connectivity index (χ1n) is 8.52. The minimum Gasteiger partial charge on any atom is -0.339 e. The van der Waals surface area contributed by atoms with Gasteiger partial charge in [0.05, 0.1) is 10.4 Å². The zero-order valence-electron chi connectivity index (χ0n) is 14.5. The molecule has 3 rings (SSSR count). The minimum absolute atomic E-state index is 0.188. The first-order valence-corrected chi connectivity index (χ1v) is 10.00. The van der Waals surface area contributed by atoms with Gasteiger partial charge in [0.15, 0.2) is 5.82 Å². The highest BCUT2D eigenvalue weighted by molar-refractivity contribution is 7.89. The number of sulfonamides is 1. The van der Waals surface area contributed by atoms with Crippen molar-refractivity contribution in [3.05, 3.63) is 41.5 Å². The van der Waals surface area contributed by atoms with Crippen molar-refractivity contribution in [3.63, 3.8) is 0 Å². The van der Waals surface area contributed by atoms with E-state index in [0.29, 0.717) is 24.1 Å². The SMILES string of the molecule is CC(C)c1ccc(S(=O)(=O)NCCc2nc(C3(N)CCC3)no2)cc1. The minimum atomic E-state index is -3.55. The van der Waals surface area contributed by atoms with Crippen molar-refractivity contribution in [3.8, 4) is 0 Å². The fourth-order valence-electron chi connectivity index (χ4n) is 2.75. The Balaban J connectivity index is 1.57. The van der Waals surface area contributed by atoms with E-state index in [1.165, 1.54) is 0 Å². The van der Waals surface area contributed by atoms with Crippen molar-refractivity contribution >= 4 is 10.0 Å². The number of hydrogen-bond donors (Lipinski definition) is 2. The van der Waals surface area contributed by atoms with Gasteiger partial charge in [-0.15, -0.1) is 0 Å². The van der Waals surface area contributed by atoms with E-state index in [9.17, 15) is 8.42 Å². The van der Waals surface area contributed by atoms with Crippen LogP contribution < -0.4 is 10.5 Å². The van der Waals surface area contributed by atoms with E-state index in [2.05, 4.69) is 28.7 Å². The molecule has 3 N–H and O–H groups in total. The molecule has 0 unspecified atom stereocenters. The van der Waals surface area contributed by atoms with Gasteiger partial charge < -0.3 is 10.3 Å². The van der Waals surface area contributed by atoms with Crippen LogP contribution in [0.4, 0.5) is 0 Å². The van der Waals surface area contributed by atoms with Gasteiger partial charge in [-0.25, -0.2) is 13.1 Å². The van der Waals surface area contributed by atoms with Crippen LogP contribution in [0.2, 0.25) is 0 Å². The van der Waals surface area contributed by atoms with Crippen molar-refractivity contribution < 1.29 is 12.9 Å². The molecule has 0 aliphatic heterocycles. The second-order valence-electron chi connectivity index (χ2n) is 6.89. The zero-order valence-corrected chi connectivity index (χ0v) is 15.3. The second-order valence-corrected chi connectivity index (χ2v) is 8.66. The van der Waals surface area contributed by atoms with Gasteiger partial charge in [-0.2, -0.15) is 4.98 Å². The summed E-state index contributed by atoms with van der Waals surface area (Å²) in [4.78, 5) is 4.54. The van der Waals surface area contributed by atoms with E-state index < -0.39 is 15.6 Å². The number of benzene rings is 1. The first-order chi connectivity index (χ1) is 11.8. The number of nitrogens with two attached hydrogens (primary N) is 1. The highest BCUT2D eigenvalue weighted by Gasteiger charge is 2.38. The van der Waals surface area contributed by atoms with Gasteiger partial charge in [-0.05, 0) is 42.9 Å². The standard InChI is InChI=1S/C17H24N4O3S/c1-12(2)13-4-6-14(7-5-13)25(22,23)19-11-8-15-20-16(21-24-15)17(18)9-3-10-17/h4-7,12,19H,3,8-11,18H2,1-2H3. The summed E-state index contributed by atoms with van der Waals surface area (Å²) in [6, 6.07) is 6.92. The highest BCUT2D eigenvalue weighted by atomic mass is 32.2. The summed E-state index contributed by atoms with van der Waals surface area (Å²) in [6.45, 7) is 4.32. The van der Waals surface area contributed by atoms with Crippen LogP contribution in [0, 0.1) is 0 Å². The molecule has 0 radical (unpaired) electrons. The summed E-state index contributed by atoms with van der Waals surface area (Å²) in [6.07, 6.45) is 3.10. The molecule has 8 heteroatoms. The Labute approximate surface area is 148 Å². The highest BCUT2D eigenvalue weighted by Crippen LogP contribution is 2.36. The van der Waals surface area contributed by atoms with E-state index in [0.717, 1.165) is 24.8 Å². The normalized spacial score (nSPS) is 16.8. The molecule has 25 heavy (non-hydrogen) atoms. The molecule has 1 heterocycles. The summed E-state index contributed by atoms with van der Waals surface area (Å²) in [7, 11) is -3.55. The number of hydrogen-bond acceptors (Lipinski definition) is 6. The Morgan fingerprint density at radius 3 is 2.52 bits per heavy atom. The summed E-state index contributed by atoms with van der Waals surface area (Å²) in [5.41, 5.74) is 6.78. The van der Waals surface area contributed by atoms with Crippen molar-refractivity contribution in [1.29, 1.82) is 0 Å². The van der Waals surface area contributed by atoms with Crippen LogP contribution >= 0.6 is 0 Å². The average Bonchev–Trinajstić information content (AvgIpc) is 3.01. The molecule has 0 spiro atoms. The van der Waals surface area contributed by atoms with Crippen LogP contribution in [-0.4, -0.2) is 25.1 Å². The van der Waals surface area contributed by atoms with Gasteiger partial charge >= 0.3 is 0 Å². The Bertz CT molecular complexity index is 824. The molecule has 1 saturated carbocycles. The van der Waals surface area contributed by atoms with Crippen LogP contribution in [0.25, 0.3) is 0 Å². The van der Waals surface area contributed by atoms with Gasteiger partial charge in [0.25, 0.3) is 0 Å². The monoisotopic (exact) mass is 364 g/mol. The second kappa shape index (κ2) is 6.86. The van der Waals surface area contributed by atoms with E-state index in [1.54, 1.807) is 12.1 Å². The maximum Gasteiger partial charge on any atom is 0.240 e. The van der Waals surface area contributed by atoms with Gasteiger partial charge in [0.2, 0.25) is 15.9 Å². The number of nitrogens with one attached hydrogen (secondary N) is 1. The molecule has 1 aromatic heterocycles. The predicted octanol–water partition coefficient (Wildman–Crippen LogP) is 2.05. The molecule has 2 aromatic rings. The van der Waals surface area contributed by atoms with Gasteiger partial charge in [-0.3, -0.25) is 0 Å². The lowest BCUT2D eigenvalue weighted by atomic mass is 9.77. The Hall–Kier alpha value is -1.77. The molecular weight excluding hydrogens is 340 g/mol. The molecule has 0 atom stereocenters. The topological polar surface area (TPSA) is 111 Å². The lowest BCUT2D eigenvalue weighted by Crippen LogP contribution is -2.44. The Morgan fingerprint density at radius 1 is 1.28 bits per heavy atom. The van der Waals surface area contributed by atoms with E-state index in [-0.39, 0.29) is 11.4 Å². The van der Waals surface area contributed by atoms with Crippen molar-refractivity contribution in [2.75, 3.05) is 6.54 Å². The maximum atomic E-state index is 12.3. The average molecular weight is 364 g/mol. The molecule has 1 aromatic carbocycles. The lowest BCUT2D eigenvalue weighted by Gasteiger charge is -2.34. The molecule has 1 aliphatic rings. The molecule has 0 amide bonds. The van der Waals surface area contributed by atoms with E-state index >= 15 is 0 Å². The fraction of sp³-hybridized carbons (Fsp3) is 0.529. The van der Waals surface area contributed by atoms with Crippen LogP contribution in [0.15, 0.2) is 33.7 Å². The van der Waals surface area contributed by atoms with E-state index in [1.807, 2.05) is 12.1 Å². The molecule has 0 saturated heterocycles. The zero-order chi connectivity index (χ0) is 18.1. The van der Waals surface area contributed by atoms with Gasteiger partial charge in [-0.1, -0.05) is 31.1 Å². The molecular formula is C17H24N4O3S. The molecule has 136 valence electrons. The number of aromatic nitrogens is 2. The van der Waals surface area contributed by atoms with Gasteiger partial charge in [0.1, 0.15) is 0 Å². The van der Waals surface area contributed by atoms with Gasteiger partial charge in [0, 0.05) is 13.0 Å². The number of nitrogens with zero attached hydrogens (tertiary/aromatic N) is 2. The van der Waals surface area contributed by atoms with Crippen LogP contribution in [-0.2, 0) is 22.0 Å². The summed E-state index contributed by atoms with van der Waals surface area (Å²) >= 11 is 0. The van der Waals surface area contributed by atoms with E-state index in [4.69, 9.17) is 10.3 Å². The third-order valence-corrected chi connectivity index (χ3v) is 6.12. The predicted molar refractivity (Wildman–Crippen MR) is 93.4 cm³/mol. The Morgan fingerprint density at radius 2 is 1.96 bits per heavy atom. The molecule has 0 bridgehead atoms. The summed E-state index contributed by atoms with van der Waals surface area (Å²) < 4.78 is 32.4. The van der Waals surface area contributed by atoms with Crippen molar-refractivity contribution in [1.82, 2.24) is 14.9 Å². The quantitative estimate of drug-likeness (QED) is 0.778. The molecule has 1 fully saturated rings. The smallest absolute Gasteiger partial charge is 0.240 e. The van der Waals surface area contributed by atoms with Crippen LogP contribution in [0.5, 0.6) is 0 Å². The third kappa shape index (κ3) is 3.91. The van der Waals surface area contributed by atoms with Crippen molar-refractivity contribution in [2.45, 2.75) is 55.9 Å². The van der Waals surface area contributed by atoms with Crippen LogP contribution in [0.3, 0.4) is 0 Å².